The summed E-state index contributed by atoms with van der Waals surface area (Å²) in [5.41, 5.74) is 3.10. The van der Waals surface area contributed by atoms with Gasteiger partial charge in [0.05, 0.1) is 12.2 Å². The predicted molar refractivity (Wildman–Crippen MR) is 106 cm³/mol. The van der Waals surface area contributed by atoms with E-state index in [4.69, 9.17) is 4.74 Å². The van der Waals surface area contributed by atoms with Crippen LogP contribution in [0, 0.1) is 25.5 Å². The van der Waals surface area contributed by atoms with Crippen LogP contribution in [0.3, 0.4) is 0 Å². The van der Waals surface area contributed by atoms with Gasteiger partial charge in [-0.1, -0.05) is 6.07 Å². The lowest BCUT2D eigenvalue weighted by Gasteiger charge is -2.46. The number of ether oxygens (including phenoxy) is 1. The largest absolute Gasteiger partial charge is 0.487 e. The fraction of sp³-hybridized carbons (Fsp3) is 0.478. The number of aryl methyl sites for hydroxylation is 2. The van der Waals surface area contributed by atoms with Crippen LogP contribution in [-0.2, 0) is 0 Å². The van der Waals surface area contributed by atoms with E-state index in [9.17, 15) is 19.0 Å². The molecule has 1 spiro atoms. The Kier molecular flexibility index (Phi) is 5.36. The van der Waals surface area contributed by atoms with E-state index in [1.807, 2.05) is 26.0 Å². The monoisotopic (exact) mass is 403 g/mol. The van der Waals surface area contributed by atoms with Gasteiger partial charge in [-0.15, -0.1) is 0 Å². The van der Waals surface area contributed by atoms with Crippen molar-refractivity contribution in [1.29, 1.82) is 0 Å². The molecule has 0 saturated carbocycles. The molecule has 4 rings (SSSR count). The number of halogens is 2. The molecule has 4 nitrogen and oxygen atoms in total. The lowest BCUT2D eigenvalue weighted by molar-refractivity contribution is -0.0588. The summed E-state index contributed by atoms with van der Waals surface area (Å²) in [6.07, 6.45) is 0.602. The fourth-order valence-corrected chi connectivity index (χ4v) is 4.42. The number of aliphatic hydroxyl groups is 2. The summed E-state index contributed by atoms with van der Waals surface area (Å²) in [7, 11) is 0. The minimum Gasteiger partial charge on any atom is -0.487 e. The minimum absolute atomic E-state index is 0.346. The molecular formula is C23H27F2NO3. The lowest BCUT2D eigenvalue weighted by Crippen LogP contribution is -2.51. The first-order valence-electron chi connectivity index (χ1n) is 10.1. The first kappa shape index (κ1) is 20.3. The number of likely N-dealkylation sites (tertiary alicyclic amines) is 1. The average molecular weight is 403 g/mol. The van der Waals surface area contributed by atoms with Crippen LogP contribution in [0.5, 0.6) is 5.75 Å². The number of aliphatic hydroxyl groups excluding tert-OH is 2. The van der Waals surface area contributed by atoms with E-state index in [2.05, 4.69) is 4.90 Å². The highest BCUT2D eigenvalue weighted by atomic mass is 19.2. The Balaban J connectivity index is 1.41. The van der Waals surface area contributed by atoms with Crippen LogP contribution in [0.15, 0.2) is 30.3 Å². The molecule has 156 valence electrons. The molecule has 0 unspecified atom stereocenters. The van der Waals surface area contributed by atoms with E-state index in [0.717, 1.165) is 47.4 Å². The molecule has 0 amide bonds. The summed E-state index contributed by atoms with van der Waals surface area (Å²) in [5.74, 6) is -1.10. The Labute approximate surface area is 169 Å². The van der Waals surface area contributed by atoms with Crippen LogP contribution < -0.4 is 4.74 Å². The zero-order chi connectivity index (χ0) is 20.8. The number of hydrogen-bond donors (Lipinski definition) is 2. The van der Waals surface area contributed by atoms with Crippen LogP contribution in [-0.4, -0.2) is 40.3 Å². The van der Waals surface area contributed by atoms with Gasteiger partial charge in [-0.3, -0.25) is 0 Å². The van der Waals surface area contributed by atoms with Crippen LogP contribution >= 0.6 is 0 Å². The van der Waals surface area contributed by atoms with Crippen molar-refractivity contribution in [3.63, 3.8) is 0 Å². The van der Waals surface area contributed by atoms with Gasteiger partial charge >= 0.3 is 0 Å². The highest BCUT2D eigenvalue weighted by Crippen LogP contribution is 2.45. The second-order valence-electron chi connectivity index (χ2n) is 8.47. The molecule has 2 aromatic carbocycles. The van der Waals surface area contributed by atoms with Gasteiger partial charge in [0.1, 0.15) is 11.4 Å². The zero-order valence-electron chi connectivity index (χ0n) is 16.8. The number of β-amino-alcohol motifs (C(OH)–C–C–N with tert-alkyl or cyclic N) is 1. The number of rotatable bonds is 3. The number of fused-ring (bicyclic) bond motifs is 1. The molecule has 1 fully saturated rings. The molecule has 0 radical (unpaired) electrons. The SMILES string of the molecule is Cc1cc2c(cc1C)[C@@H](O)CC1(CCN(C[C@H](O)c3ccc(F)c(F)c3)CC1)O2. The zero-order valence-corrected chi connectivity index (χ0v) is 16.8. The molecule has 2 atom stereocenters. The van der Waals surface area contributed by atoms with Crippen molar-refractivity contribution in [2.45, 2.75) is 50.9 Å². The van der Waals surface area contributed by atoms with Crippen LogP contribution in [0.25, 0.3) is 0 Å². The Morgan fingerprint density at radius 1 is 1.10 bits per heavy atom. The summed E-state index contributed by atoms with van der Waals surface area (Å²) in [4.78, 5) is 2.10. The molecule has 0 bridgehead atoms. The molecule has 2 heterocycles. The standard InChI is InChI=1S/C23H27F2NO3/c1-14-9-17-20(27)12-23(29-22(17)10-15(14)2)5-7-26(8-6-23)13-21(28)16-3-4-18(24)19(25)11-16/h3-4,9-11,20-21,27-28H,5-8,12-13H2,1-2H3/t20-,21-/m0/s1. The highest BCUT2D eigenvalue weighted by Gasteiger charge is 2.43. The molecule has 2 aromatic rings. The molecular weight excluding hydrogens is 376 g/mol. The van der Waals surface area contributed by atoms with Gasteiger partial charge in [0.15, 0.2) is 11.6 Å². The molecule has 2 N–H and O–H groups in total. The van der Waals surface area contributed by atoms with Crippen molar-refractivity contribution in [2.24, 2.45) is 0 Å². The average Bonchev–Trinajstić information content (AvgIpc) is 2.68. The van der Waals surface area contributed by atoms with Crippen LogP contribution in [0.1, 0.15) is 53.7 Å². The van der Waals surface area contributed by atoms with Crippen molar-refractivity contribution in [3.05, 3.63) is 64.2 Å². The Morgan fingerprint density at radius 2 is 1.79 bits per heavy atom. The predicted octanol–water partition coefficient (Wildman–Crippen LogP) is 3.97. The Bertz CT molecular complexity index is 909. The van der Waals surface area contributed by atoms with Gasteiger partial charge in [-0.25, -0.2) is 8.78 Å². The van der Waals surface area contributed by atoms with Crippen molar-refractivity contribution in [1.82, 2.24) is 4.90 Å². The molecule has 0 aliphatic carbocycles. The number of hydrogen-bond acceptors (Lipinski definition) is 4. The number of benzene rings is 2. The van der Waals surface area contributed by atoms with Gasteiger partial charge in [-0.2, -0.15) is 0 Å². The van der Waals surface area contributed by atoms with Crippen molar-refractivity contribution in [2.75, 3.05) is 19.6 Å². The van der Waals surface area contributed by atoms with Gasteiger partial charge in [0, 0.05) is 31.6 Å². The minimum atomic E-state index is -0.951. The molecule has 1 saturated heterocycles. The van der Waals surface area contributed by atoms with Gasteiger partial charge in [0.25, 0.3) is 0 Å². The number of nitrogens with zero attached hydrogens (tertiary/aromatic N) is 1. The maximum Gasteiger partial charge on any atom is 0.159 e. The maximum atomic E-state index is 13.4. The normalized spacial score (nSPS) is 22.2. The van der Waals surface area contributed by atoms with Crippen LogP contribution in [0.2, 0.25) is 0 Å². The van der Waals surface area contributed by atoms with E-state index in [0.29, 0.717) is 31.6 Å². The highest BCUT2D eigenvalue weighted by molar-refractivity contribution is 5.45. The van der Waals surface area contributed by atoms with Gasteiger partial charge in [-0.05, 0) is 67.6 Å². The topological polar surface area (TPSA) is 52.9 Å². The second-order valence-corrected chi connectivity index (χ2v) is 8.47. The van der Waals surface area contributed by atoms with E-state index < -0.39 is 29.4 Å². The molecule has 0 aromatic heterocycles. The first-order valence-corrected chi connectivity index (χ1v) is 10.1. The molecule has 2 aliphatic heterocycles. The van der Waals surface area contributed by atoms with Crippen molar-refractivity contribution >= 4 is 0 Å². The lowest BCUT2D eigenvalue weighted by atomic mass is 9.81. The van der Waals surface area contributed by atoms with Gasteiger partial charge < -0.3 is 19.8 Å². The summed E-state index contributed by atoms with van der Waals surface area (Å²) < 4.78 is 32.9. The maximum absolute atomic E-state index is 13.4. The summed E-state index contributed by atoms with van der Waals surface area (Å²) in [6.45, 7) is 5.82. The molecule has 6 heteroatoms. The summed E-state index contributed by atoms with van der Waals surface area (Å²) >= 11 is 0. The first-order chi connectivity index (χ1) is 13.8. The van der Waals surface area contributed by atoms with Crippen molar-refractivity contribution < 1.29 is 23.7 Å². The van der Waals surface area contributed by atoms with E-state index in [-0.39, 0.29) is 0 Å². The molecule has 2 aliphatic rings. The Morgan fingerprint density at radius 3 is 2.48 bits per heavy atom. The summed E-state index contributed by atoms with van der Waals surface area (Å²) in [6, 6.07) is 7.52. The van der Waals surface area contributed by atoms with Gasteiger partial charge in [0.2, 0.25) is 0 Å². The van der Waals surface area contributed by atoms with E-state index in [1.165, 1.54) is 6.07 Å². The van der Waals surface area contributed by atoms with Crippen LogP contribution in [0.4, 0.5) is 8.78 Å². The van der Waals surface area contributed by atoms with E-state index in [1.54, 1.807) is 0 Å². The smallest absolute Gasteiger partial charge is 0.159 e. The third-order valence-electron chi connectivity index (χ3n) is 6.40. The summed E-state index contributed by atoms with van der Waals surface area (Å²) in [5, 5.41) is 21.1. The number of piperidine rings is 1. The van der Waals surface area contributed by atoms with Crippen molar-refractivity contribution in [3.8, 4) is 5.75 Å². The quantitative estimate of drug-likeness (QED) is 0.815. The van der Waals surface area contributed by atoms with E-state index >= 15 is 0 Å². The third-order valence-corrected chi connectivity index (χ3v) is 6.40. The fourth-order valence-electron chi connectivity index (χ4n) is 4.42. The third kappa shape index (κ3) is 4.02. The Hall–Kier alpha value is -2.02. The molecule has 29 heavy (non-hydrogen) atoms. The second kappa shape index (κ2) is 7.67.